The van der Waals surface area contributed by atoms with E-state index in [-0.39, 0.29) is 0 Å². The van der Waals surface area contributed by atoms with Gasteiger partial charge in [-0.2, -0.15) is 0 Å². The number of aliphatic hydroxyl groups is 1. The quantitative estimate of drug-likeness (QED) is 0.801. The summed E-state index contributed by atoms with van der Waals surface area (Å²) in [6, 6.07) is 14.0. The Balaban J connectivity index is 2.24. The van der Waals surface area contributed by atoms with Gasteiger partial charge in [0.1, 0.15) is 11.5 Å². The van der Waals surface area contributed by atoms with Crippen molar-refractivity contribution in [2.45, 2.75) is 46.1 Å². The van der Waals surface area contributed by atoms with Crippen LogP contribution < -0.4 is 4.74 Å². The second-order valence-electron chi connectivity index (χ2n) is 5.79. The molecule has 0 saturated heterocycles. The number of hydrogen-bond donors (Lipinski definition) is 1. The van der Waals surface area contributed by atoms with Gasteiger partial charge in [0.15, 0.2) is 0 Å². The summed E-state index contributed by atoms with van der Waals surface area (Å²) >= 11 is 0. The molecule has 0 saturated carbocycles. The molecule has 1 atom stereocenters. The van der Waals surface area contributed by atoms with Crippen LogP contribution >= 0.6 is 0 Å². The molecule has 0 unspecified atom stereocenters. The standard InChI is InChI=1S/C19H24O2/c1-5-18(20)15-7-9-16(10-8-15)21-19-12-14(4)6-11-17(19)13(2)3/h6-13,18,20H,5H2,1-4H3/t18-/m1/s1. The molecule has 0 fully saturated rings. The van der Waals surface area contributed by atoms with Gasteiger partial charge in [-0.15, -0.1) is 0 Å². The minimum absolute atomic E-state index is 0.399. The molecule has 0 spiro atoms. The third kappa shape index (κ3) is 3.85. The van der Waals surface area contributed by atoms with E-state index in [9.17, 15) is 5.11 Å². The summed E-state index contributed by atoms with van der Waals surface area (Å²) in [6.45, 7) is 8.37. The molecule has 2 heteroatoms. The van der Waals surface area contributed by atoms with E-state index >= 15 is 0 Å². The summed E-state index contributed by atoms with van der Waals surface area (Å²) in [5, 5.41) is 9.82. The average molecular weight is 284 g/mol. The van der Waals surface area contributed by atoms with Crippen molar-refractivity contribution in [1.29, 1.82) is 0 Å². The highest BCUT2D eigenvalue weighted by molar-refractivity contribution is 5.42. The van der Waals surface area contributed by atoms with Gasteiger partial charge in [-0.25, -0.2) is 0 Å². The van der Waals surface area contributed by atoms with Crippen LogP contribution in [0, 0.1) is 6.92 Å². The molecule has 0 amide bonds. The third-order valence-electron chi connectivity index (χ3n) is 3.67. The topological polar surface area (TPSA) is 29.5 Å². The van der Waals surface area contributed by atoms with Crippen molar-refractivity contribution in [1.82, 2.24) is 0 Å². The highest BCUT2D eigenvalue weighted by atomic mass is 16.5. The predicted octanol–water partition coefficient (Wildman–Crippen LogP) is 5.35. The lowest BCUT2D eigenvalue weighted by molar-refractivity contribution is 0.173. The van der Waals surface area contributed by atoms with Crippen LogP contribution in [0.4, 0.5) is 0 Å². The Labute approximate surface area is 127 Å². The van der Waals surface area contributed by atoms with Gasteiger partial charge in [0.2, 0.25) is 0 Å². The van der Waals surface area contributed by atoms with Crippen molar-refractivity contribution in [3.63, 3.8) is 0 Å². The average Bonchev–Trinajstić information content (AvgIpc) is 2.47. The maximum atomic E-state index is 9.82. The Hall–Kier alpha value is -1.80. The Bertz CT molecular complexity index is 585. The normalized spacial score (nSPS) is 12.5. The molecule has 0 aliphatic heterocycles. The monoisotopic (exact) mass is 284 g/mol. The van der Waals surface area contributed by atoms with Gasteiger partial charge in [-0.05, 0) is 54.2 Å². The predicted molar refractivity (Wildman–Crippen MR) is 87.0 cm³/mol. The van der Waals surface area contributed by atoms with Crippen molar-refractivity contribution < 1.29 is 9.84 Å². The molecule has 21 heavy (non-hydrogen) atoms. The smallest absolute Gasteiger partial charge is 0.131 e. The van der Waals surface area contributed by atoms with Crippen LogP contribution in [-0.4, -0.2) is 5.11 Å². The number of aryl methyl sites for hydroxylation is 1. The molecular weight excluding hydrogens is 260 g/mol. The molecule has 112 valence electrons. The van der Waals surface area contributed by atoms with Crippen molar-refractivity contribution in [3.05, 3.63) is 59.2 Å². The molecule has 0 aliphatic carbocycles. The highest BCUT2D eigenvalue weighted by Crippen LogP contribution is 2.32. The van der Waals surface area contributed by atoms with Gasteiger partial charge >= 0.3 is 0 Å². The second-order valence-corrected chi connectivity index (χ2v) is 5.79. The Morgan fingerprint density at radius 1 is 1.05 bits per heavy atom. The van der Waals surface area contributed by atoms with Crippen LogP contribution in [0.1, 0.15) is 55.9 Å². The summed E-state index contributed by atoms with van der Waals surface area (Å²) in [4.78, 5) is 0. The van der Waals surface area contributed by atoms with E-state index < -0.39 is 6.10 Å². The van der Waals surface area contributed by atoms with Crippen LogP contribution in [-0.2, 0) is 0 Å². The molecule has 1 N–H and O–H groups in total. The molecule has 2 nitrogen and oxygen atoms in total. The fraction of sp³-hybridized carbons (Fsp3) is 0.368. The van der Waals surface area contributed by atoms with Gasteiger partial charge in [0, 0.05) is 0 Å². The largest absolute Gasteiger partial charge is 0.457 e. The number of benzene rings is 2. The lowest BCUT2D eigenvalue weighted by Crippen LogP contribution is -1.96. The number of rotatable bonds is 5. The summed E-state index contributed by atoms with van der Waals surface area (Å²) in [5.41, 5.74) is 3.32. The lowest BCUT2D eigenvalue weighted by atomic mass is 10.0. The van der Waals surface area contributed by atoms with Crippen molar-refractivity contribution in [2.75, 3.05) is 0 Å². The first-order valence-corrected chi connectivity index (χ1v) is 7.57. The first-order chi connectivity index (χ1) is 10.0. The number of ether oxygens (including phenoxy) is 1. The molecule has 0 aliphatic rings. The van der Waals surface area contributed by atoms with Gasteiger partial charge < -0.3 is 9.84 Å². The maximum absolute atomic E-state index is 9.82. The molecule has 0 radical (unpaired) electrons. The first-order valence-electron chi connectivity index (χ1n) is 7.57. The fourth-order valence-electron chi connectivity index (χ4n) is 2.33. The summed E-state index contributed by atoms with van der Waals surface area (Å²) in [6.07, 6.45) is 0.319. The van der Waals surface area contributed by atoms with Crippen molar-refractivity contribution in [3.8, 4) is 11.5 Å². The van der Waals surface area contributed by atoms with Crippen LogP contribution in [0.5, 0.6) is 11.5 Å². The zero-order valence-electron chi connectivity index (χ0n) is 13.3. The van der Waals surface area contributed by atoms with Crippen LogP contribution in [0.25, 0.3) is 0 Å². The highest BCUT2D eigenvalue weighted by Gasteiger charge is 2.10. The Morgan fingerprint density at radius 3 is 2.29 bits per heavy atom. The van der Waals surface area contributed by atoms with Gasteiger partial charge in [0.05, 0.1) is 6.10 Å². The SMILES string of the molecule is CC[C@@H](O)c1ccc(Oc2cc(C)ccc2C(C)C)cc1. The zero-order valence-corrected chi connectivity index (χ0v) is 13.3. The van der Waals surface area contributed by atoms with Gasteiger partial charge in [-0.3, -0.25) is 0 Å². The van der Waals surface area contributed by atoms with Crippen molar-refractivity contribution in [2.24, 2.45) is 0 Å². The zero-order chi connectivity index (χ0) is 15.4. The van der Waals surface area contributed by atoms with Crippen LogP contribution in [0.15, 0.2) is 42.5 Å². The molecule has 2 aromatic rings. The molecule has 0 heterocycles. The van der Waals surface area contributed by atoms with E-state index in [1.807, 2.05) is 31.2 Å². The van der Waals surface area contributed by atoms with Crippen molar-refractivity contribution >= 4 is 0 Å². The van der Waals surface area contributed by atoms with E-state index in [0.717, 1.165) is 23.5 Å². The molecule has 2 rings (SSSR count). The number of aliphatic hydroxyl groups excluding tert-OH is 1. The minimum atomic E-state index is -0.399. The molecule has 2 aromatic carbocycles. The summed E-state index contributed by atoms with van der Waals surface area (Å²) in [5.74, 6) is 2.13. The second kappa shape index (κ2) is 6.77. The van der Waals surface area contributed by atoms with E-state index in [0.29, 0.717) is 5.92 Å². The molecular formula is C19H24O2. The minimum Gasteiger partial charge on any atom is -0.457 e. The van der Waals surface area contributed by atoms with E-state index in [1.165, 1.54) is 11.1 Å². The fourth-order valence-corrected chi connectivity index (χ4v) is 2.33. The van der Waals surface area contributed by atoms with E-state index in [1.54, 1.807) is 0 Å². The van der Waals surface area contributed by atoms with Crippen LogP contribution in [0.3, 0.4) is 0 Å². The summed E-state index contributed by atoms with van der Waals surface area (Å²) < 4.78 is 6.04. The lowest BCUT2D eigenvalue weighted by Gasteiger charge is -2.15. The Kier molecular flexibility index (Phi) is 5.03. The summed E-state index contributed by atoms with van der Waals surface area (Å²) in [7, 11) is 0. The van der Waals surface area contributed by atoms with E-state index in [2.05, 4.69) is 39.0 Å². The van der Waals surface area contributed by atoms with Gasteiger partial charge in [0.25, 0.3) is 0 Å². The van der Waals surface area contributed by atoms with E-state index in [4.69, 9.17) is 4.74 Å². The van der Waals surface area contributed by atoms with Gasteiger partial charge in [-0.1, -0.05) is 45.0 Å². The molecule has 0 bridgehead atoms. The Morgan fingerprint density at radius 2 is 1.71 bits per heavy atom. The maximum Gasteiger partial charge on any atom is 0.131 e. The molecule has 0 aromatic heterocycles. The van der Waals surface area contributed by atoms with Crippen LogP contribution in [0.2, 0.25) is 0 Å². The third-order valence-corrected chi connectivity index (χ3v) is 3.67. The first kappa shape index (κ1) is 15.6. The number of hydrogen-bond acceptors (Lipinski definition) is 2.